The number of ether oxygens (including phenoxy) is 1. The van der Waals surface area contributed by atoms with Crippen molar-refractivity contribution in [2.45, 2.75) is 0 Å². The van der Waals surface area contributed by atoms with Gasteiger partial charge in [0.05, 0.1) is 18.3 Å². The molecule has 23 heavy (non-hydrogen) atoms. The fraction of sp³-hybridized carbons (Fsp3) is 0.118. The highest BCUT2D eigenvalue weighted by molar-refractivity contribution is 6.31. The molecule has 0 unspecified atom stereocenters. The summed E-state index contributed by atoms with van der Waals surface area (Å²) in [6, 6.07) is 11.2. The largest absolute Gasteiger partial charge is 0.495 e. The molecule has 0 atom stereocenters. The first-order valence-electron chi connectivity index (χ1n) is 6.90. The molecule has 0 radical (unpaired) electrons. The third-order valence-electron chi connectivity index (χ3n) is 3.68. The highest BCUT2D eigenvalue weighted by Gasteiger charge is 2.17. The van der Waals surface area contributed by atoms with Gasteiger partial charge < -0.3 is 14.6 Å². The van der Waals surface area contributed by atoms with Crippen molar-refractivity contribution in [2.24, 2.45) is 7.05 Å². The number of benzene rings is 2. The van der Waals surface area contributed by atoms with Gasteiger partial charge in [-0.15, -0.1) is 0 Å². The van der Waals surface area contributed by atoms with Crippen molar-refractivity contribution in [3.63, 3.8) is 0 Å². The number of aryl methyl sites for hydroxylation is 1. The molecule has 1 amide bonds. The Labute approximate surface area is 137 Å². The van der Waals surface area contributed by atoms with E-state index < -0.39 is 0 Å². The smallest absolute Gasteiger partial charge is 0.272 e. The van der Waals surface area contributed by atoms with E-state index in [1.807, 2.05) is 0 Å². The van der Waals surface area contributed by atoms with E-state index in [-0.39, 0.29) is 11.7 Å². The van der Waals surface area contributed by atoms with Gasteiger partial charge >= 0.3 is 0 Å². The first-order chi connectivity index (χ1) is 11.0. The Balaban J connectivity index is 2.00. The molecule has 0 saturated heterocycles. The van der Waals surface area contributed by atoms with Crippen LogP contribution in [0.5, 0.6) is 5.75 Å². The van der Waals surface area contributed by atoms with Crippen LogP contribution in [-0.4, -0.2) is 17.6 Å². The summed E-state index contributed by atoms with van der Waals surface area (Å²) in [5.41, 5.74) is 1.44. The number of fused-ring (bicyclic) bond motifs is 1. The molecule has 0 aliphatic carbocycles. The zero-order valence-corrected chi connectivity index (χ0v) is 13.3. The second kappa shape index (κ2) is 5.93. The summed E-state index contributed by atoms with van der Waals surface area (Å²) in [7, 11) is 3.22. The monoisotopic (exact) mass is 332 g/mol. The number of nitrogens with one attached hydrogen (secondary N) is 1. The number of rotatable bonds is 3. The number of carbonyl (C=O) groups is 1. The maximum Gasteiger partial charge on any atom is 0.272 e. The molecule has 1 N–H and O–H groups in total. The fourth-order valence-corrected chi connectivity index (χ4v) is 2.68. The molecule has 0 spiro atoms. The lowest BCUT2D eigenvalue weighted by atomic mass is 10.2. The Morgan fingerprint density at radius 3 is 2.74 bits per heavy atom. The fourth-order valence-electron chi connectivity index (χ4n) is 2.51. The minimum Gasteiger partial charge on any atom is -0.495 e. The van der Waals surface area contributed by atoms with E-state index in [9.17, 15) is 9.18 Å². The zero-order valence-electron chi connectivity index (χ0n) is 12.6. The molecule has 6 heteroatoms. The summed E-state index contributed by atoms with van der Waals surface area (Å²) in [4.78, 5) is 12.5. The topological polar surface area (TPSA) is 43.3 Å². The molecule has 1 aromatic heterocycles. The van der Waals surface area contributed by atoms with E-state index in [2.05, 4.69) is 5.32 Å². The Bertz CT molecular complexity index is 905. The van der Waals surface area contributed by atoms with E-state index in [1.165, 1.54) is 19.2 Å². The second-order valence-corrected chi connectivity index (χ2v) is 5.50. The molecule has 0 aliphatic heterocycles. The summed E-state index contributed by atoms with van der Waals surface area (Å²) in [5, 5.41) is 3.63. The van der Waals surface area contributed by atoms with Gasteiger partial charge in [0.2, 0.25) is 0 Å². The molecule has 118 valence electrons. The van der Waals surface area contributed by atoms with Crippen molar-refractivity contribution < 1.29 is 13.9 Å². The molecule has 0 bridgehead atoms. The minimum atomic E-state index is -0.372. The summed E-state index contributed by atoms with van der Waals surface area (Å²) in [6.07, 6.45) is 0. The number of halogens is 2. The quantitative estimate of drug-likeness (QED) is 0.780. The van der Waals surface area contributed by atoms with Gasteiger partial charge in [0.1, 0.15) is 17.3 Å². The van der Waals surface area contributed by atoms with Gasteiger partial charge in [0.15, 0.2) is 0 Å². The highest BCUT2D eigenvalue weighted by Crippen LogP contribution is 2.29. The van der Waals surface area contributed by atoms with Crippen LogP contribution in [-0.2, 0) is 7.05 Å². The lowest BCUT2D eigenvalue weighted by Crippen LogP contribution is -2.16. The number of anilines is 1. The first-order valence-corrected chi connectivity index (χ1v) is 7.28. The van der Waals surface area contributed by atoms with Gasteiger partial charge in [-0.2, -0.15) is 0 Å². The van der Waals surface area contributed by atoms with E-state index >= 15 is 0 Å². The van der Waals surface area contributed by atoms with Crippen molar-refractivity contribution in [3.05, 3.63) is 59.0 Å². The van der Waals surface area contributed by atoms with Crippen LogP contribution in [0.1, 0.15) is 10.5 Å². The van der Waals surface area contributed by atoms with Crippen LogP contribution in [0, 0.1) is 5.82 Å². The van der Waals surface area contributed by atoms with Crippen LogP contribution in [0.25, 0.3) is 10.9 Å². The van der Waals surface area contributed by atoms with Gasteiger partial charge in [-0.1, -0.05) is 17.7 Å². The van der Waals surface area contributed by atoms with Gasteiger partial charge in [-0.25, -0.2) is 4.39 Å². The third-order valence-corrected chi connectivity index (χ3v) is 3.91. The van der Waals surface area contributed by atoms with E-state index in [4.69, 9.17) is 16.3 Å². The Morgan fingerprint density at radius 2 is 2.04 bits per heavy atom. The van der Waals surface area contributed by atoms with Crippen molar-refractivity contribution in [2.75, 3.05) is 12.4 Å². The highest BCUT2D eigenvalue weighted by atomic mass is 35.5. The van der Waals surface area contributed by atoms with Crippen molar-refractivity contribution >= 4 is 34.1 Å². The average molecular weight is 333 g/mol. The Morgan fingerprint density at radius 1 is 1.26 bits per heavy atom. The summed E-state index contributed by atoms with van der Waals surface area (Å²) in [6.45, 7) is 0. The van der Waals surface area contributed by atoms with Crippen molar-refractivity contribution in [3.8, 4) is 5.75 Å². The molecule has 0 saturated carbocycles. The van der Waals surface area contributed by atoms with Gasteiger partial charge in [0.25, 0.3) is 5.91 Å². The van der Waals surface area contributed by atoms with Crippen LogP contribution in [0.15, 0.2) is 42.5 Å². The predicted octanol–water partition coefficient (Wildman–Crippen LogP) is 4.23. The molecule has 4 nitrogen and oxygen atoms in total. The van der Waals surface area contributed by atoms with Crippen LogP contribution < -0.4 is 10.1 Å². The molecule has 0 fully saturated rings. The van der Waals surface area contributed by atoms with E-state index in [0.717, 1.165) is 0 Å². The zero-order chi connectivity index (χ0) is 16.6. The number of hydrogen-bond donors (Lipinski definition) is 1. The van der Waals surface area contributed by atoms with Crippen molar-refractivity contribution in [1.29, 1.82) is 0 Å². The van der Waals surface area contributed by atoms with Gasteiger partial charge in [-0.3, -0.25) is 4.79 Å². The number of aromatic nitrogens is 1. The molecule has 0 aliphatic rings. The SMILES string of the molecule is COc1ccc(Cl)cc1NC(=O)c1cc2c(F)cccc2n1C. The molecular formula is C17H14ClFN2O2. The predicted molar refractivity (Wildman–Crippen MR) is 88.8 cm³/mol. The van der Waals surface area contributed by atoms with Crippen LogP contribution in [0.2, 0.25) is 5.02 Å². The summed E-state index contributed by atoms with van der Waals surface area (Å²) >= 11 is 5.96. The first kappa shape index (κ1) is 15.4. The van der Waals surface area contributed by atoms with Crippen LogP contribution in [0.3, 0.4) is 0 Å². The molecular weight excluding hydrogens is 319 g/mol. The maximum absolute atomic E-state index is 13.9. The van der Waals surface area contributed by atoms with Gasteiger partial charge in [-0.05, 0) is 36.4 Å². The normalized spacial score (nSPS) is 10.8. The van der Waals surface area contributed by atoms with Crippen LogP contribution >= 0.6 is 11.6 Å². The van der Waals surface area contributed by atoms with Crippen molar-refractivity contribution in [1.82, 2.24) is 4.57 Å². The third kappa shape index (κ3) is 2.75. The Kier molecular flexibility index (Phi) is 3.96. The minimum absolute atomic E-state index is 0.340. The number of methoxy groups -OCH3 is 1. The number of hydrogen-bond acceptors (Lipinski definition) is 2. The summed E-state index contributed by atoms with van der Waals surface area (Å²) < 4.78 is 20.7. The number of carbonyl (C=O) groups excluding carboxylic acids is 1. The van der Waals surface area contributed by atoms with Crippen LogP contribution in [0.4, 0.5) is 10.1 Å². The molecule has 3 rings (SSSR count). The van der Waals surface area contributed by atoms with Gasteiger partial charge in [0, 0.05) is 17.5 Å². The molecule has 1 heterocycles. The average Bonchev–Trinajstić information content (AvgIpc) is 2.86. The lowest BCUT2D eigenvalue weighted by Gasteiger charge is -2.11. The maximum atomic E-state index is 13.9. The number of nitrogens with zero attached hydrogens (tertiary/aromatic N) is 1. The Hall–Kier alpha value is -2.53. The molecule has 2 aromatic carbocycles. The summed E-state index contributed by atoms with van der Waals surface area (Å²) in [5.74, 6) is -0.242. The van der Waals surface area contributed by atoms with E-state index in [1.54, 1.807) is 41.9 Å². The second-order valence-electron chi connectivity index (χ2n) is 5.06. The standard InChI is InChI=1S/C17H14ClFN2O2/c1-21-14-5-3-4-12(19)11(14)9-15(21)17(22)20-13-8-10(18)6-7-16(13)23-2/h3-9H,1-2H3,(H,20,22). The molecule has 3 aromatic rings. The number of amides is 1. The van der Waals surface area contributed by atoms with E-state index in [0.29, 0.717) is 33.1 Å². The lowest BCUT2D eigenvalue weighted by molar-refractivity contribution is 0.101.